The van der Waals surface area contributed by atoms with E-state index in [0.29, 0.717) is 25.7 Å². The Morgan fingerprint density at radius 3 is 0.723 bits per heavy atom. The predicted molar refractivity (Wildman–Crippen MR) is 381 cm³/mol. The highest BCUT2D eigenvalue weighted by Crippen LogP contribution is 2.45. The van der Waals surface area contributed by atoms with Crippen LogP contribution in [0.1, 0.15) is 388 Å². The maximum absolute atomic E-state index is 13.1. The first kappa shape index (κ1) is 92.1. The number of carbonyl (C=O) groups excluding carboxylic acids is 4. The van der Waals surface area contributed by atoms with Crippen molar-refractivity contribution >= 4 is 39.5 Å². The lowest BCUT2D eigenvalue weighted by atomic mass is 10.0. The molecule has 94 heavy (non-hydrogen) atoms. The molecule has 0 saturated carbocycles. The molecule has 19 heteroatoms. The van der Waals surface area contributed by atoms with Crippen LogP contribution in [0, 0.1) is 11.8 Å². The number of rotatable bonds is 74. The number of hydrogen-bond donors (Lipinski definition) is 3. The van der Waals surface area contributed by atoms with Crippen molar-refractivity contribution in [3.05, 3.63) is 0 Å². The summed E-state index contributed by atoms with van der Waals surface area (Å²) in [6.45, 7) is 9.58. The topological polar surface area (TPSA) is 237 Å². The third-order valence-corrected chi connectivity index (χ3v) is 19.4. The molecule has 0 bridgehead atoms. The quantitative estimate of drug-likeness (QED) is 0.0222. The molecule has 5 atom stereocenters. The Morgan fingerprint density at radius 1 is 0.287 bits per heavy atom. The minimum absolute atomic E-state index is 0.107. The minimum Gasteiger partial charge on any atom is -0.462 e. The summed E-state index contributed by atoms with van der Waals surface area (Å²) < 4.78 is 68.5. The summed E-state index contributed by atoms with van der Waals surface area (Å²) in [6.07, 6.45) is 53.9. The second kappa shape index (κ2) is 66.9. The van der Waals surface area contributed by atoms with Gasteiger partial charge < -0.3 is 33.8 Å². The maximum atomic E-state index is 13.1. The average Bonchev–Trinajstić information content (AvgIpc) is 1.83. The van der Waals surface area contributed by atoms with E-state index in [1.165, 1.54) is 205 Å². The number of phosphoric ester groups is 2. The molecule has 0 fully saturated rings. The van der Waals surface area contributed by atoms with Gasteiger partial charge in [-0.3, -0.25) is 37.3 Å². The van der Waals surface area contributed by atoms with E-state index in [1.807, 2.05) is 0 Å². The Kier molecular flexibility index (Phi) is 65.5. The van der Waals surface area contributed by atoms with Gasteiger partial charge in [0.25, 0.3) is 0 Å². The molecule has 0 heterocycles. The molecule has 0 radical (unpaired) electrons. The monoisotopic (exact) mass is 1380 g/mol. The van der Waals surface area contributed by atoms with Gasteiger partial charge in [-0.2, -0.15) is 0 Å². The summed E-state index contributed by atoms with van der Waals surface area (Å²) in [5, 5.41) is 10.6. The smallest absolute Gasteiger partial charge is 0.462 e. The van der Waals surface area contributed by atoms with Crippen LogP contribution in [0.15, 0.2) is 0 Å². The number of aliphatic hydroxyl groups is 1. The number of unbranched alkanes of at least 4 members (excludes halogenated alkanes) is 44. The van der Waals surface area contributed by atoms with Crippen molar-refractivity contribution in [2.45, 2.75) is 407 Å². The SMILES string of the molecule is CCCCCCCCCCCCCCCCC(=O)OC[C@H](COP(=O)(O)OC[C@@H](O)COP(=O)(O)OC[C@@H](COC(=O)CCCCCCCCCCCC(C)C)OC(=O)CCCCCCCCCCCCCCCC)OC(=O)CCCCCCCCCCCCCC(C)C. The second-order valence-corrected chi connectivity index (χ2v) is 30.9. The number of esters is 4. The van der Waals surface area contributed by atoms with E-state index in [0.717, 1.165) is 102 Å². The molecule has 0 aliphatic rings. The maximum Gasteiger partial charge on any atom is 0.472 e. The molecule has 0 aliphatic heterocycles. The van der Waals surface area contributed by atoms with Crippen LogP contribution >= 0.6 is 15.6 Å². The van der Waals surface area contributed by atoms with Gasteiger partial charge in [0.15, 0.2) is 12.2 Å². The van der Waals surface area contributed by atoms with E-state index in [9.17, 15) is 43.2 Å². The Balaban J connectivity index is 5.27. The second-order valence-electron chi connectivity index (χ2n) is 28.0. The Hall–Kier alpha value is -1.94. The van der Waals surface area contributed by atoms with Gasteiger partial charge in [-0.15, -0.1) is 0 Å². The van der Waals surface area contributed by atoms with Crippen LogP contribution in [0.4, 0.5) is 0 Å². The van der Waals surface area contributed by atoms with Crippen molar-refractivity contribution in [3.63, 3.8) is 0 Å². The Labute approximate surface area is 575 Å². The molecule has 0 rings (SSSR count). The highest BCUT2D eigenvalue weighted by molar-refractivity contribution is 7.47. The third-order valence-electron chi connectivity index (χ3n) is 17.5. The first-order chi connectivity index (χ1) is 45.4. The fourth-order valence-electron chi connectivity index (χ4n) is 11.5. The van der Waals surface area contributed by atoms with E-state index < -0.39 is 97.5 Å². The van der Waals surface area contributed by atoms with Crippen molar-refractivity contribution in [2.24, 2.45) is 11.8 Å². The van der Waals surface area contributed by atoms with Crippen molar-refractivity contribution < 1.29 is 80.2 Å². The summed E-state index contributed by atoms with van der Waals surface area (Å²) in [5.41, 5.74) is 0. The number of hydrogen-bond acceptors (Lipinski definition) is 15. The first-order valence-electron chi connectivity index (χ1n) is 39.0. The number of aliphatic hydroxyl groups excluding tert-OH is 1. The van der Waals surface area contributed by atoms with Crippen LogP contribution in [0.2, 0.25) is 0 Å². The van der Waals surface area contributed by atoms with Gasteiger partial charge in [-0.25, -0.2) is 9.13 Å². The zero-order chi connectivity index (χ0) is 69.3. The number of phosphoric acid groups is 2. The van der Waals surface area contributed by atoms with Crippen LogP contribution in [0.5, 0.6) is 0 Å². The van der Waals surface area contributed by atoms with Gasteiger partial charge >= 0.3 is 39.5 Å². The highest BCUT2D eigenvalue weighted by Gasteiger charge is 2.30. The zero-order valence-corrected chi connectivity index (χ0v) is 63.1. The van der Waals surface area contributed by atoms with Gasteiger partial charge in [-0.05, 0) is 37.5 Å². The van der Waals surface area contributed by atoms with Crippen molar-refractivity contribution in [1.82, 2.24) is 0 Å². The van der Waals surface area contributed by atoms with Gasteiger partial charge in [0, 0.05) is 25.7 Å². The highest BCUT2D eigenvalue weighted by atomic mass is 31.2. The van der Waals surface area contributed by atoms with E-state index in [4.69, 9.17) is 37.0 Å². The molecular formula is C75H146O17P2. The van der Waals surface area contributed by atoms with Crippen LogP contribution in [-0.4, -0.2) is 96.7 Å². The number of carbonyl (C=O) groups is 4. The van der Waals surface area contributed by atoms with Crippen molar-refractivity contribution in [3.8, 4) is 0 Å². The first-order valence-corrected chi connectivity index (χ1v) is 42.0. The molecule has 2 unspecified atom stereocenters. The zero-order valence-electron chi connectivity index (χ0n) is 61.3. The fraction of sp³-hybridized carbons (Fsp3) is 0.947. The van der Waals surface area contributed by atoms with Crippen LogP contribution in [-0.2, 0) is 65.4 Å². The van der Waals surface area contributed by atoms with E-state index >= 15 is 0 Å². The molecule has 0 aromatic carbocycles. The molecule has 558 valence electrons. The molecule has 3 N–H and O–H groups in total. The van der Waals surface area contributed by atoms with Gasteiger partial charge in [0.1, 0.15) is 19.3 Å². The van der Waals surface area contributed by atoms with Crippen molar-refractivity contribution in [2.75, 3.05) is 39.6 Å². The van der Waals surface area contributed by atoms with Crippen LogP contribution in [0.3, 0.4) is 0 Å². The normalized spacial score (nSPS) is 14.0. The number of ether oxygens (including phenoxy) is 4. The van der Waals surface area contributed by atoms with E-state index in [2.05, 4.69) is 41.5 Å². The average molecular weight is 1380 g/mol. The largest absolute Gasteiger partial charge is 0.472 e. The Morgan fingerprint density at radius 2 is 0.489 bits per heavy atom. The van der Waals surface area contributed by atoms with E-state index in [1.54, 1.807) is 0 Å². The summed E-state index contributed by atoms with van der Waals surface area (Å²) in [7, 11) is -9.91. The summed E-state index contributed by atoms with van der Waals surface area (Å²) in [5.74, 6) is -0.605. The molecular weight excluding hydrogens is 1230 g/mol. The lowest BCUT2D eigenvalue weighted by Crippen LogP contribution is -2.30. The molecule has 0 spiro atoms. The summed E-state index contributed by atoms with van der Waals surface area (Å²) >= 11 is 0. The van der Waals surface area contributed by atoms with Crippen molar-refractivity contribution in [1.29, 1.82) is 0 Å². The Bertz CT molecular complexity index is 1820. The summed E-state index contributed by atoms with van der Waals surface area (Å²) in [4.78, 5) is 72.8. The fourth-order valence-corrected chi connectivity index (χ4v) is 13.1. The minimum atomic E-state index is -4.96. The van der Waals surface area contributed by atoms with Gasteiger partial charge in [-0.1, -0.05) is 337 Å². The molecule has 0 amide bonds. The lowest BCUT2D eigenvalue weighted by Gasteiger charge is -2.21. The molecule has 0 aromatic rings. The third kappa shape index (κ3) is 68.6. The molecule has 0 aliphatic carbocycles. The summed E-state index contributed by atoms with van der Waals surface area (Å²) in [6, 6.07) is 0. The standard InChI is InChI=1S/C75H146O17P2/c1-7-9-11-13-15-17-19-21-23-27-33-39-45-51-57-72(77)85-63-70(92-75(80)60-54-48-42-35-29-25-26-31-37-43-49-55-67(3)4)65-89-93(81,82)87-61-69(76)62-88-94(83,84)90-66-71(64-86-73(78)58-52-46-40-36-30-32-38-44-50-56-68(5)6)91-74(79)59-53-47-41-34-28-24-22-20-18-16-14-12-10-8-2/h67-71,76H,7-66H2,1-6H3,(H,81,82)(H,83,84)/t69-,70-,71-/m1/s1. The van der Waals surface area contributed by atoms with Gasteiger partial charge in [0.2, 0.25) is 0 Å². The lowest BCUT2D eigenvalue weighted by molar-refractivity contribution is -0.161. The molecule has 17 nitrogen and oxygen atoms in total. The predicted octanol–water partition coefficient (Wildman–Crippen LogP) is 21.9. The molecule has 0 saturated heterocycles. The van der Waals surface area contributed by atoms with Crippen LogP contribution < -0.4 is 0 Å². The van der Waals surface area contributed by atoms with Gasteiger partial charge in [0.05, 0.1) is 26.4 Å². The van der Waals surface area contributed by atoms with E-state index in [-0.39, 0.29) is 25.7 Å². The van der Waals surface area contributed by atoms with Crippen LogP contribution in [0.25, 0.3) is 0 Å². The molecule has 0 aromatic heterocycles.